The van der Waals surface area contributed by atoms with Gasteiger partial charge in [-0.3, -0.25) is 0 Å². The van der Waals surface area contributed by atoms with E-state index in [0.717, 1.165) is 4.31 Å². The Morgan fingerprint density at radius 3 is 2.33 bits per heavy atom. The molecule has 0 spiro atoms. The molecule has 3 aromatic rings. The number of nitrogens with zero attached hydrogens (tertiary/aromatic N) is 4. The third-order valence-corrected chi connectivity index (χ3v) is 7.33. The summed E-state index contributed by atoms with van der Waals surface area (Å²) in [5.41, 5.74) is 2.21. The Morgan fingerprint density at radius 2 is 1.76 bits per heavy atom. The Balaban J connectivity index is 1.97. The third-order valence-electron chi connectivity index (χ3n) is 5.24. The number of fused-ring (bicyclic) bond motifs is 1. The van der Waals surface area contributed by atoms with Crippen LogP contribution in [-0.4, -0.2) is 58.5 Å². The van der Waals surface area contributed by atoms with Crippen molar-refractivity contribution < 1.29 is 22.7 Å². The second kappa shape index (κ2) is 8.71. The van der Waals surface area contributed by atoms with Crippen LogP contribution in [0.2, 0.25) is 5.02 Å². The van der Waals surface area contributed by atoms with Crippen molar-refractivity contribution in [2.75, 3.05) is 20.6 Å². The van der Waals surface area contributed by atoms with E-state index in [2.05, 4.69) is 5.10 Å². The monoisotopic (exact) mass is 490 g/mol. The summed E-state index contributed by atoms with van der Waals surface area (Å²) in [6.45, 7) is -0.185. The topological polar surface area (TPSA) is 95.7 Å². The van der Waals surface area contributed by atoms with Crippen LogP contribution < -0.4 is 0 Å². The molecule has 1 N–H and O–H groups in total. The molecule has 1 aromatic heterocycles. The number of rotatable bonds is 5. The van der Waals surface area contributed by atoms with Gasteiger partial charge in [-0.1, -0.05) is 23.7 Å². The first-order chi connectivity index (χ1) is 15.6. The van der Waals surface area contributed by atoms with Gasteiger partial charge in [-0.05, 0) is 53.6 Å². The lowest BCUT2D eigenvalue weighted by atomic mass is 9.99. The molecule has 0 aliphatic carbocycles. The molecule has 0 amide bonds. The van der Waals surface area contributed by atoms with E-state index in [0.29, 0.717) is 27.5 Å². The maximum Gasteiger partial charge on any atom is 0.356 e. The predicted octanol–water partition coefficient (Wildman–Crippen LogP) is 3.53. The minimum absolute atomic E-state index is 0.0246. The zero-order valence-corrected chi connectivity index (χ0v) is 19.3. The highest BCUT2D eigenvalue weighted by atomic mass is 35.5. The number of carboxylic acids is 1. The lowest BCUT2D eigenvalue weighted by molar-refractivity contribution is 0.0688. The normalized spacial score (nSPS) is 15.7. The van der Waals surface area contributed by atoms with Crippen LogP contribution in [0.4, 0.5) is 4.39 Å². The summed E-state index contributed by atoms with van der Waals surface area (Å²) in [6, 6.07) is 12.4. The highest BCUT2D eigenvalue weighted by Gasteiger charge is 2.37. The van der Waals surface area contributed by atoms with Gasteiger partial charge in [-0.25, -0.2) is 13.9 Å². The van der Waals surface area contributed by atoms with E-state index in [-0.39, 0.29) is 24.3 Å². The molecule has 4 rings (SSSR count). The summed E-state index contributed by atoms with van der Waals surface area (Å²) in [7, 11) is -1.05. The Morgan fingerprint density at radius 1 is 1.12 bits per heavy atom. The fraction of sp³-hybridized carbons (Fsp3) is 0.182. The highest BCUT2D eigenvalue weighted by molar-refractivity contribution is 7.86. The Hall–Kier alpha value is -3.05. The van der Waals surface area contributed by atoms with Crippen LogP contribution in [0.5, 0.6) is 0 Å². The summed E-state index contributed by atoms with van der Waals surface area (Å²) in [6.07, 6.45) is 1.70. The number of carboxylic acid groups (broad SMARTS) is 1. The summed E-state index contributed by atoms with van der Waals surface area (Å²) in [5.74, 6) is -1.68. The number of carbonyl (C=O) groups is 1. The van der Waals surface area contributed by atoms with Gasteiger partial charge in [0, 0.05) is 37.8 Å². The Labute approximate surface area is 195 Å². The third kappa shape index (κ3) is 4.42. The Bertz CT molecular complexity index is 1350. The van der Waals surface area contributed by atoms with Gasteiger partial charge in [0.15, 0.2) is 5.69 Å². The summed E-state index contributed by atoms with van der Waals surface area (Å²) in [4.78, 5) is 12.0. The number of benzene rings is 2. The van der Waals surface area contributed by atoms with Gasteiger partial charge in [0.2, 0.25) is 0 Å². The van der Waals surface area contributed by atoms with Crippen LogP contribution in [0.1, 0.15) is 27.3 Å². The van der Waals surface area contributed by atoms with Gasteiger partial charge in [0.1, 0.15) is 5.82 Å². The summed E-state index contributed by atoms with van der Waals surface area (Å²) >= 11 is 6.00. The first-order valence-electron chi connectivity index (χ1n) is 9.83. The number of hydrogen-bond donors (Lipinski definition) is 1. The zero-order valence-electron chi connectivity index (χ0n) is 17.7. The lowest BCUT2D eigenvalue weighted by Gasteiger charge is -2.31. The smallest absolute Gasteiger partial charge is 0.356 e. The first kappa shape index (κ1) is 23.1. The molecule has 1 aliphatic heterocycles. The molecule has 2 heterocycles. The van der Waals surface area contributed by atoms with Crippen molar-refractivity contribution in [1.82, 2.24) is 18.4 Å². The van der Waals surface area contributed by atoms with Crippen LogP contribution in [0.25, 0.3) is 17.3 Å². The van der Waals surface area contributed by atoms with E-state index < -0.39 is 22.0 Å². The average molecular weight is 491 g/mol. The zero-order chi connectivity index (χ0) is 23.9. The van der Waals surface area contributed by atoms with Crippen LogP contribution in [0.3, 0.4) is 0 Å². The van der Waals surface area contributed by atoms with Gasteiger partial charge in [-0.15, -0.1) is 0 Å². The number of halogens is 2. The molecule has 11 heteroatoms. The summed E-state index contributed by atoms with van der Waals surface area (Å²) in [5, 5.41) is 14.6. The maximum atomic E-state index is 13.4. The molecule has 0 saturated carbocycles. The molecule has 0 saturated heterocycles. The minimum atomic E-state index is -3.86. The van der Waals surface area contributed by atoms with Crippen molar-refractivity contribution in [3.05, 3.63) is 81.9 Å². The van der Waals surface area contributed by atoms with E-state index in [1.807, 2.05) is 0 Å². The number of aromatic carboxylic acids is 1. The molecule has 0 radical (unpaired) electrons. The number of aromatic nitrogens is 2. The summed E-state index contributed by atoms with van der Waals surface area (Å²) < 4.78 is 43.0. The van der Waals surface area contributed by atoms with Gasteiger partial charge >= 0.3 is 5.97 Å². The molecule has 1 aliphatic rings. The molecule has 33 heavy (non-hydrogen) atoms. The van der Waals surface area contributed by atoms with Crippen LogP contribution >= 0.6 is 11.6 Å². The van der Waals surface area contributed by atoms with Gasteiger partial charge in [-0.2, -0.15) is 22.1 Å². The SMILES string of the molecule is CN(C)S(=O)(=O)N1C/C(=C\c2ccc(F)cc2)c2c(c(C(=O)O)nn2-c2ccc(Cl)cc2)C1. The van der Waals surface area contributed by atoms with E-state index in [1.54, 1.807) is 42.5 Å². The van der Waals surface area contributed by atoms with Crippen molar-refractivity contribution >= 4 is 39.4 Å². The van der Waals surface area contributed by atoms with Crippen LogP contribution in [0, 0.1) is 5.82 Å². The first-order valence-corrected chi connectivity index (χ1v) is 11.6. The van der Waals surface area contributed by atoms with Gasteiger partial charge in [0.25, 0.3) is 10.2 Å². The second-order valence-corrected chi connectivity index (χ2v) is 10.2. The predicted molar refractivity (Wildman–Crippen MR) is 123 cm³/mol. The Kier molecular flexibility index (Phi) is 6.10. The lowest BCUT2D eigenvalue weighted by Crippen LogP contribution is -2.42. The molecule has 0 bridgehead atoms. The second-order valence-electron chi connectivity index (χ2n) is 7.65. The van der Waals surface area contributed by atoms with Crippen LogP contribution in [-0.2, 0) is 16.8 Å². The molecular formula is C22H20ClFN4O4S. The fourth-order valence-electron chi connectivity index (χ4n) is 3.64. The molecule has 2 aromatic carbocycles. The maximum absolute atomic E-state index is 13.4. The molecule has 0 unspecified atom stereocenters. The van der Waals surface area contributed by atoms with Gasteiger partial charge < -0.3 is 5.11 Å². The molecule has 8 nitrogen and oxygen atoms in total. The van der Waals surface area contributed by atoms with E-state index in [4.69, 9.17) is 11.6 Å². The average Bonchev–Trinajstić information content (AvgIpc) is 3.16. The molecular weight excluding hydrogens is 471 g/mol. The minimum Gasteiger partial charge on any atom is -0.476 e. The van der Waals surface area contributed by atoms with Crippen molar-refractivity contribution in [3.8, 4) is 5.69 Å². The molecule has 172 valence electrons. The fourth-order valence-corrected chi connectivity index (χ4v) is 4.82. The van der Waals surface area contributed by atoms with Gasteiger partial charge in [0.05, 0.1) is 11.4 Å². The van der Waals surface area contributed by atoms with Crippen molar-refractivity contribution in [2.24, 2.45) is 0 Å². The quantitative estimate of drug-likeness (QED) is 0.590. The van der Waals surface area contributed by atoms with Crippen molar-refractivity contribution in [2.45, 2.75) is 6.54 Å². The van der Waals surface area contributed by atoms with E-state index in [9.17, 15) is 22.7 Å². The van der Waals surface area contributed by atoms with Crippen LogP contribution in [0.15, 0.2) is 48.5 Å². The van der Waals surface area contributed by atoms with Crippen molar-refractivity contribution in [1.29, 1.82) is 0 Å². The van der Waals surface area contributed by atoms with E-state index in [1.165, 1.54) is 35.2 Å². The van der Waals surface area contributed by atoms with Crippen molar-refractivity contribution in [3.63, 3.8) is 0 Å². The molecule has 0 fully saturated rings. The number of hydrogen-bond acceptors (Lipinski definition) is 4. The van der Waals surface area contributed by atoms with E-state index >= 15 is 0 Å². The highest BCUT2D eigenvalue weighted by Crippen LogP contribution is 2.35. The molecule has 0 atom stereocenters. The standard InChI is InChI=1S/C22H20ClFN4O4S/c1-26(2)33(31,32)27-12-15(11-14-3-7-17(24)8-4-14)21-19(13-27)20(22(29)30)25-28(21)18-9-5-16(23)6-10-18/h3-11H,12-13H2,1-2H3,(H,29,30)/b15-11+. The largest absolute Gasteiger partial charge is 0.476 e.